The number of carbonyl (C=O) groups is 2. The van der Waals surface area contributed by atoms with Crippen molar-refractivity contribution in [2.24, 2.45) is 0 Å². The number of halogens is 1. The topological polar surface area (TPSA) is 108 Å². The fraction of sp³-hybridized carbons (Fsp3) is 0.417. The van der Waals surface area contributed by atoms with Crippen LogP contribution in [0.1, 0.15) is 145 Å². The van der Waals surface area contributed by atoms with Gasteiger partial charge >= 0.3 is 0 Å². The minimum absolute atomic E-state index is 0.0626. The van der Waals surface area contributed by atoms with E-state index in [0.717, 1.165) is 52.4 Å². The second-order valence-electron chi connectivity index (χ2n) is 16.3. The lowest BCUT2D eigenvalue weighted by Crippen LogP contribution is -2.18. The Balaban J connectivity index is 0.000000132. The van der Waals surface area contributed by atoms with E-state index in [9.17, 15) is 9.59 Å². The SMILES string of the molecule is Nc1nn(C2CCCCC2)c2c1CCCC2.O=C(Cl)c1ccc2ccccc2c1.O=C(Nc1nn(C2CCCCC2)c2c1CCCC2)c1ccc2ccccc2c1. The second-order valence-corrected chi connectivity index (χ2v) is 16.7. The molecule has 4 aromatic carbocycles. The fourth-order valence-corrected chi connectivity index (χ4v) is 9.58. The molecule has 0 bridgehead atoms. The number of carbonyl (C=O) groups excluding carboxylic acids is 2. The molecule has 0 spiro atoms. The highest BCUT2D eigenvalue weighted by atomic mass is 35.5. The minimum Gasteiger partial charge on any atom is -0.382 e. The monoisotopic (exact) mass is 782 g/mol. The third-order valence-corrected chi connectivity index (χ3v) is 12.7. The number of anilines is 2. The van der Waals surface area contributed by atoms with Crippen molar-refractivity contribution in [3.05, 3.63) is 119 Å². The van der Waals surface area contributed by atoms with Crippen molar-refractivity contribution in [1.82, 2.24) is 19.6 Å². The zero-order valence-corrected chi connectivity index (χ0v) is 33.8. The molecule has 3 N–H and O–H groups in total. The summed E-state index contributed by atoms with van der Waals surface area (Å²) in [4.78, 5) is 23.8. The van der Waals surface area contributed by atoms with Gasteiger partial charge in [-0.25, -0.2) is 0 Å². The van der Waals surface area contributed by atoms with Gasteiger partial charge < -0.3 is 11.1 Å². The van der Waals surface area contributed by atoms with E-state index < -0.39 is 5.24 Å². The molecule has 0 radical (unpaired) electrons. The Labute approximate surface area is 341 Å². The smallest absolute Gasteiger partial charge is 0.256 e. The van der Waals surface area contributed by atoms with Gasteiger partial charge in [0.25, 0.3) is 11.1 Å². The maximum absolute atomic E-state index is 13.0. The van der Waals surface area contributed by atoms with Crippen LogP contribution < -0.4 is 11.1 Å². The lowest BCUT2D eigenvalue weighted by atomic mass is 9.93. The summed E-state index contributed by atoms with van der Waals surface area (Å²) >= 11 is 5.36. The van der Waals surface area contributed by atoms with E-state index in [1.165, 1.54) is 119 Å². The van der Waals surface area contributed by atoms with Crippen molar-refractivity contribution in [1.29, 1.82) is 0 Å². The van der Waals surface area contributed by atoms with Gasteiger partial charge in [-0.05, 0) is 134 Å². The van der Waals surface area contributed by atoms with Crippen molar-refractivity contribution in [2.45, 2.75) is 128 Å². The van der Waals surface area contributed by atoms with E-state index in [2.05, 4.69) is 25.8 Å². The highest BCUT2D eigenvalue weighted by Gasteiger charge is 2.27. The van der Waals surface area contributed by atoms with Crippen molar-refractivity contribution in [3.63, 3.8) is 0 Å². The van der Waals surface area contributed by atoms with Crippen LogP contribution in [0.5, 0.6) is 0 Å². The molecular weight excluding hydrogens is 728 g/mol. The minimum atomic E-state index is -0.411. The first-order chi connectivity index (χ1) is 27.9. The van der Waals surface area contributed by atoms with Gasteiger partial charge in [0.1, 0.15) is 5.82 Å². The second kappa shape index (κ2) is 18.1. The number of nitrogens with one attached hydrogen (secondary N) is 1. The average Bonchev–Trinajstić information content (AvgIpc) is 3.81. The number of hydrogen-bond donors (Lipinski definition) is 2. The number of benzene rings is 4. The molecule has 0 aliphatic heterocycles. The van der Waals surface area contributed by atoms with Gasteiger partial charge in [0.2, 0.25) is 0 Å². The van der Waals surface area contributed by atoms with Gasteiger partial charge in [0, 0.05) is 33.6 Å². The molecule has 2 aromatic heterocycles. The van der Waals surface area contributed by atoms with E-state index in [1.54, 1.807) is 12.1 Å². The summed E-state index contributed by atoms with van der Waals surface area (Å²) in [5.41, 5.74) is 12.7. The van der Waals surface area contributed by atoms with Crippen molar-refractivity contribution >= 4 is 55.9 Å². The van der Waals surface area contributed by atoms with Gasteiger partial charge in [-0.1, -0.05) is 99.2 Å². The number of aromatic nitrogens is 4. The number of nitrogens with zero attached hydrogens (tertiary/aromatic N) is 4. The molecule has 57 heavy (non-hydrogen) atoms. The van der Waals surface area contributed by atoms with E-state index in [0.29, 0.717) is 23.2 Å². The molecule has 9 heteroatoms. The quantitative estimate of drug-likeness (QED) is 0.169. The maximum Gasteiger partial charge on any atom is 0.256 e. The van der Waals surface area contributed by atoms with Crippen LogP contribution in [-0.4, -0.2) is 30.7 Å². The molecular formula is C48H55ClN6O2. The van der Waals surface area contributed by atoms with Crippen LogP contribution in [-0.2, 0) is 25.7 Å². The standard InChI is InChI=1S/C24H27N3O.C13H21N3.C11H7ClO/c28-24(19-15-14-17-8-4-5-9-18(17)16-19)25-23-21-12-6-7-13-22(21)27(26-23)20-10-2-1-3-11-20;14-13-11-8-4-5-9-12(11)16(15-13)10-6-2-1-3-7-10;12-11(13)10-6-5-8-3-1-2-4-9(8)7-10/h4-5,8-9,14-16,20H,1-3,6-7,10-13H2,(H,25,26,28);10H,1-9H2,(H2,14,15);1-7H. The Kier molecular flexibility index (Phi) is 12.4. The van der Waals surface area contributed by atoms with E-state index >= 15 is 0 Å². The number of nitrogens with two attached hydrogens (primary N) is 1. The molecule has 2 fully saturated rings. The Morgan fingerprint density at radius 2 is 1.04 bits per heavy atom. The van der Waals surface area contributed by atoms with Gasteiger partial charge in [0.15, 0.2) is 5.82 Å². The Bertz CT molecular complexity index is 2350. The zero-order chi connectivity index (χ0) is 39.1. The summed E-state index contributed by atoms with van der Waals surface area (Å²) < 4.78 is 4.55. The van der Waals surface area contributed by atoms with E-state index in [-0.39, 0.29) is 5.91 Å². The van der Waals surface area contributed by atoms with Gasteiger partial charge in [0.05, 0.1) is 12.1 Å². The fourth-order valence-electron chi connectivity index (χ4n) is 9.46. The van der Waals surface area contributed by atoms with Crippen LogP contribution in [0.2, 0.25) is 0 Å². The van der Waals surface area contributed by atoms with Gasteiger partial charge in [-0.15, -0.1) is 0 Å². The highest BCUT2D eigenvalue weighted by molar-refractivity contribution is 6.67. The lowest BCUT2D eigenvalue weighted by Gasteiger charge is -2.25. The summed E-state index contributed by atoms with van der Waals surface area (Å²) in [5, 5.41) is 16.7. The van der Waals surface area contributed by atoms with Crippen LogP contribution in [0.15, 0.2) is 84.9 Å². The molecule has 10 rings (SSSR count). The summed E-state index contributed by atoms with van der Waals surface area (Å²) in [6, 6.07) is 28.4. The first-order valence-electron chi connectivity index (χ1n) is 21.4. The number of amides is 1. The van der Waals surface area contributed by atoms with Crippen LogP contribution in [0, 0.1) is 0 Å². The molecule has 6 aromatic rings. The summed E-state index contributed by atoms with van der Waals surface area (Å²) in [6.45, 7) is 0. The Morgan fingerprint density at radius 3 is 1.61 bits per heavy atom. The molecule has 0 unspecified atom stereocenters. The predicted molar refractivity (Wildman–Crippen MR) is 232 cm³/mol. The van der Waals surface area contributed by atoms with E-state index in [1.807, 2.05) is 66.7 Å². The molecule has 4 aliphatic rings. The molecule has 2 heterocycles. The number of hydrogen-bond acceptors (Lipinski definition) is 5. The van der Waals surface area contributed by atoms with Crippen LogP contribution in [0.25, 0.3) is 21.5 Å². The Hall–Kier alpha value is -4.95. The normalized spacial score (nSPS) is 17.1. The van der Waals surface area contributed by atoms with Crippen LogP contribution in [0.3, 0.4) is 0 Å². The highest BCUT2D eigenvalue weighted by Crippen LogP contribution is 2.36. The molecule has 0 saturated heterocycles. The summed E-state index contributed by atoms with van der Waals surface area (Å²) in [6.07, 6.45) is 22.5. The Morgan fingerprint density at radius 1 is 0.561 bits per heavy atom. The first kappa shape index (κ1) is 38.9. The number of nitrogen functional groups attached to an aromatic ring is 1. The summed E-state index contributed by atoms with van der Waals surface area (Å²) in [7, 11) is 0. The molecule has 0 atom stereocenters. The largest absolute Gasteiger partial charge is 0.382 e. The third-order valence-electron chi connectivity index (χ3n) is 12.5. The van der Waals surface area contributed by atoms with Gasteiger partial charge in [-0.3, -0.25) is 19.0 Å². The van der Waals surface area contributed by atoms with Crippen LogP contribution >= 0.6 is 11.6 Å². The molecule has 2 saturated carbocycles. The average molecular weight is 783 g/mol. The van der Waals surface area contributed by atoms with Crippen LogP contribution in [0.4, 0.5) is 11.6 Å². The van der Waals surface area contributed by atoms with Crippen molar-refractivity contribution in [3.8, 4) is 0 Å². The first-order valence-corrected chi connectivity index (χ1v) is 21.8. The molecule has 296 valence electrons. The third kappa shape index (κ3) is 8.96. The molecule has 4 aliphatic carbocycles. The van der Waals surface area contributed by atoms with Crippen molar-refractivity contribution in [2.75, 3.05) is 11.1 Å². The maximum atomic E-state index is 13.0. The van der Waals surface area contributed by atoms with E-state index in [4.69, 9.17) is 22.4 Å². The zero-order valence-electron chi connectivity index (χ0n) is 33.0. The van der Waals surface area contributed by atoms with Crippen molar-refractivity contribution < 1.29 is 9.59 Å². The number of fused-ring (bicyclic) bond motifs is 4. The number of rotatable bonds is 5. The predicted octanol–water partition coefficient (Wildman–Crippen LogP) is 11.7. The lowest BCUT2D eigenvalue weighted by molar-refractivity contribution is 0.102. The molecule has 1 amide bonds. The summed E-state index contributed by atoms with van der Waals surface area (Å²) in [5.74, 6) is 1.53. The van der Waals surface area contributed by atoms with Gasteiger partial charge in [-0.2, -0.15) is 10.2 Å². The molecule has 8 nitrogen and oxygen atoms in total.